The van der Waals surface area contributed by atoms with Gasteiger partial charge in [-0.3, -0.25) is 0 Å². The quantitative estimate of drug-likeness (QED) is 0.238. The molecule has 3 N–H and O–H groups in total. The van der Waals surface area contributed by atoms with Crippen molar-refractivity contribution in [3.05, 3.63) is 77.1 Å². The summed E-state index contributed by atoms with van der Waals surface area (Å²) >= 11 is 0. The van der Waals surface area contributed by atoms with Crippen molar-refractivity contribution < 1.29 is 14.3 Å². The molecule has 0 saturated heterocycles. The fourth-order valence-electron chi connectivity index (χ4n) is 4.88. The van der Waals surface area contributed by atoms with E-state index in [-0.39, 0.29) is 11.9 Å². The van der Waals surface area contributed by atoms with E-state index in [9.17, 15) is 14.3 Å². The molecular formula is C29H33FN6O2. The van der Waals surface area contributed by atoms with Gasteiger partial charge in [-0.1, -0.05) is 61.0 Å². The first-order valence-electron chi connectivity index (χ1n) is 13.0. The third kappa shape index (κ3) is 5.18. The molecule has 0 radical (unpaired) electrons. The lowest BCUT2D eigenvalue weighted by molar-refractivity contribution is 0.0684. The number of aromatic carboxylic acids is 1. The lowest BCUT2D eigenvalue weighted by atomic mass is 9.80. The standard InChI is InChI=1S/C29H33FN6O2/c1-18(21-8-7-9-21)31-24-23-25(33-26(32-24)27(37)38)34-28(35-29(2,3)22-10-5-4-6-11-22)36(23)17-20-14-12-19(16-30)13-15-20/h4-6,10-15,18,21H,7-9,16-17H2,1-3H3,(H,37,38)(H2,31,32,33,34,35)/t18-/m1/s1. The molecular weight excluding hydrogens is 483 g/mol. The third-order valence-corrected chi connectivity index (χ3v) is 7.45. The topological polar surface area (TPSA) is 105 Å². The molecule has 198 valence electrons. The SMILES string of the molecule is C[C@@H](Nc1nc(C(=O)O)nc2nc(NC(C)(C)c3ccccc3)n(Cc3ccc(CF)cc3)c12)C1CCC1. The van der Waals surface area contributed by atoms with Crippen LogP contribution in [0.25, 0.3) is 11.2 Å². The van der Waals surface area contributed by atoms with Crippen molar-refractivity contribution in [3.8, 4) is 0 Å². The minimum atomic E-state index is -1.21. The molecule has 1 saturated carbocycles. The number of carboxylic acids is 1. The maximum Gasteiger partial charge on any atom is 0.374 e. The minimum Gasteiger partial charge on any atom is -0.475 e. The van der Waals surface area contributed by atoms with Gasteiger partial charge >= 0.3 is 5.97 Å². The van der Waals surface area contributed by atoms with Crippen molar-refractivity contribution in [1.82, 2.24) is 19.5 Å². The Bertz CT molecular complexity index is 1430. The summed E-state index contributed by atoms with van der Waals surface area (Å²) in [5, 5.41) is 16.8. The molecule has 1 atom stereocenters. The number of halogens is 1. The van der Waals surface area contributed by atoms with Gasteiger partial charge in [-0.2, -0.15) is 4.98 Å². The van der Waals surface area contributed by atoms with E-state index in [1.807, 2.05) is 47.0 Å². The second-order valence-corrected chi connectivity index (χ2v) is 10.6. The van der Waals surface area contributed by atoms with Crippen LogP contribution in [0, 0.1) is 5.92 Å². The second-order valence-electron chi connectivity index (χ2n) is 10.6. The van der Waals surface area contributed by atoms with Gasteiger partial charge in [0.15, 0.2) is 11.5 Å². The molecule has 9 heteroatoms. The minimum absolute atomic E-state index is 0.118. The number of rotatable bonds is 10. The van der Waals surface area contributed by atoms with Gasteiger partial charge in [0.2, 0.25) is 11.8 Å². The molecule has 0 bridgehead atoms. The molecule has 0 unspecified atom stereocenters. The second kappa shape index (κ2) is 10.4. The van der Waals surface area contributed by atoms with Crippen molar-refractivity contribution in [3.63, 3.8) is 0 Å². The van der Waals surface area contributed by atoms with Crippen LogP contribution < -0.4 is 10.6 Å². The average Bonchev–Trinajstić information content (AvgIpc) is 3.20. The van der Waals surface area contributed by atoms with E-state index in [0.717, 1.165) is 24.0 Å². The van der Waals surface area contributed by atoms with Crippen molar-refractivity contribution in [2.45, 2.75) is 64.8 Å². The molecule has 1 aliphatic rings. The average molecular weight is 517 g/mol. The Hall–Kier alpha value is -4.01. The molecule has 4 aromatic rings. The molecule has 38 heavy (non-hydrogen) atoms. The van der Waals surface area contributed by atoms with E-state index in [2.05, 4.69) is 41.4 Å². The van der Waals surface area contributed by atoms with Gasteiger partial charge < -0.3 is 20.3 Å². The van der Waals surface area contributed by atoms with Gasteiger partial charge in [0.05, 0.1) is 12.1 Å². The molecule has 0 aliphatic heterocycles. The molecule has 0 amide bonds. The number of carbonyl (C=O) groups is 1. The Balaban J connectivity index is 1.64. The zero-order valence-electron chi connectivity index (χ0n) is 21.9. The van der Waals surface area contributed by atoms with Gasteiger partial charge in [-0.15, -0.1) is 0 Å². The van der Waals surface area contributed by atoms with E-state index in [0.29, 0.717) is 41.0 Å². The van der Waals surface area contributed by atoms with Crippen LogP contribution in [0.15, 0.2) is 54.6 Å². The van der Waals surface area contributed by atoms with Crippen molar-refractivity contribution in [2.75, 3.05) is 10.6 Å². The molecule has 5 rings (SSSR count). The van der Waals surface area contributed by atoms with E-state index in [1.165, 1.54) is 6.42 Å². The summed E-state index contributed by atoms with van der Waals surface area (Å²) < 4.78 is 15.1. The number of alkyl halides is 1. The number of benzene rings is 2. The Morgan fingerprint density at radius 2 is 1.76 bits per heavy atom. The highest BCUT2D eigenvalue weighted by Gasteiger charge is 2.29. The summed E-state index contributed by atoms with van der Waals surface area (Å²) in [4.78, 5) is 25.4. The van der Waals surface area contributed by atoms with E-state index >= 15 is 0 Å². The smallest absolute Gasteiger partial charge is 0.374 e. The first kappa shape index (κ1) is 25.6. The first-order chi connectivity index (χ1) is 18.2. The highest BCUT2D eigenvalue weighted by Crippen LogP contribution is 2.34. The zero-order chi connectivity index (χ0) is 26.9. The fraction of sp³-hybridized carbons (Fsp3) is 0.379. The van der Waals surface area contributed by atoms with Crippen molar-refractivity contribution in [1.29, 1.82) is 0 Å². The van der Waals surface area contributed by atoms with Crippen molar-refractivity contribution in [2.24, 2.45) is 5.92 Å². The van der Waals surface area contributed by atoms with Crippen LogP contribution in [0.2, 0.25) is 0 Å². The van der Waals surface area contributed by atoms with Crippen LogP contribution in [0.3, 0.4) is 0 Å². The number of nitrogens with one attached hydrogen (secondary N) is 2. The number of aromatic nitrogens is 4. The highest BCUT2D eigenvalue weighted by molar-refractivity contribution is 5.91. The molecule has 2 aromatic heterocycles. The maximum absolute atomic E-state index is 13.1. The lowest BCUT2D eigenvalue weighted by Gasteiger charge is -2.32. The van der Waals surface area contributed by atoms with Gasteiger partial charge in [0.1, 0.15) is 12.2 Å². The number of carboxylic acid groups (broad SMARTS) is 1. The summed E-state index contributed by atoms with van der Waals surface area (Å²) in [7, 11) is 0. The number of hydrogen-bond acceptors (Lipinski definition) is 6. The number of nitrogens with zero attached hydrogens (tertiary/aromatic N) is 4. The highest BCUT2D eigenvalue weighted by atomic mass is 19.1. The van der Waals surface area contributed by atoms with E-state index in [1.54, 1.807) is 12.1 Å². The lowest BCUT2D eigenvalue weighted by Crippen LogP contribution is -2.32. The summed E-state index contributed by atoms with van der Waals surface area (Å²) in [5.74, 6) is -0.00858. The predicted molar refractivity (Wildman–Crippen MR) is 146 cm³/mol. The first-order valence-corrected chi connectivity index (χ1v) is 13.0. The summed E-state index contributed by atoms with van der Waals surface area (Å²) in [6, 6.07) is 17.5. The van der Waals surface area contributed by atoms with Gasteiger partial charge in [-0.25, -0.2) is 19.2 Å². The number of anilines is 2. The van der Waals surface area contributed by atoms with Crippen LogP contribution in [-0.2, 0) is 18.8 Å². The molecule has 1 aliphatic carbocycles. The number of hydrogen-bond donors (Lipinski definition) is 3. The molecule has 2 aromatic carbocycles. The zero-order valence-corrected chi connectivity index (χ0v) is 21.9. The van der Waals surface area contributed by atoms with Crippen LogP contribution in [0.4, 0.5) is 16.2 Å². The van der Waals surface area contributed by atoms with Crippen LogP contribution in [0.1, 0.15) is 67.3 Å². The van der Waals surface area contributed by atoms with E-state index in [4.69, 9.17) is 4.98 Å². The van der Waals surface area contributed by atoms with Gasteiger partial charge in [0.25, 0.3) is 0 Å². The normalized spacial score (nSPS) is 14.7. The summed E-state index contributed by atoms with van der Waals surface area (Å²) in [6.07, 6.45) is 3.46. The maximum atomic E-state index is 13.1. The van der Waals surface area contributed by atoms with Gasteiger partial charge in [0, 0.05) is 6.04 Å². The van der Waals surface area contributed by atoms with Crippen LogP contribution in [-0.4, -0.2) is 36.6 Å². The molecule has 0 spiro atoms. The van der Waals surface area contributed by atoms with Gasteiger partial charge in [-0.05, 0) is 56.2 Å². The molecule has 2 heterocycles. The Kier molecular flexibility index (Phi) is 7.01. The Morgan fingerprint density at radius 3 is 2.37 bits per heavy atom. The summed E-state index contributed by atoms with van der Waals surface area (Å²) in [6.45, 7) is 6.12. The number of fused-ring (bicyclic) bond motifs is 1. The van der Waals surface area contributed by atoms with Crippen LogP contribution in [0.5, 0.6) is 0 Å². The molecule has 1 fully saturated rings. The Morgan fingerprint density at radius 1 is 1.08 bits per heavy atom. The van der Waals surface area contributed by atoms with Crippen LogP contribution >= 0.6 is 0 Å². The largest absolute Gasteiger partial charge is 0.475 e. The van der Waals surface area contributed by atoms with Crippen molar-refractivity contribution >= 4 is 28.9 Å². The van der Waals surface area contributed by atoms with E-state index < -0.39 is 18.2 Å². The monoisotopic (exact) mass is 516 g/mol. The third-order valence-electron chi connectivity index (χ3n) is 7.45. The summed E-state index contributed by atoms with van der Waals surface area (Å²) in [5.41, 5.74) is 3.06. The Labute approximate surface area is 221 Å². The number of imidazole rings is 1. The molecule has 8 nitrogen and oxygen atoms in total. The fourth-order valence-corrected chi connectivity index (χ4v) is 4.88. The predicted octanol–water partition coefficient (Wildman–Crippen LogP) is 5.99.